The van der Waals surface area contributed by atoms with Crippen LogP contribution < -0.4 is 5.32 Å². The fraction of sp³-hybridized carbons (Fsp3) is 0.750. The molecular weight excluding hydrogens is 280 g/mol. The van der Waals surface area contributed by atoms with Gasteiger partial charge in [0.2, 0.25) is 0 Å². The van der Waals surface area contributed by atoms with Gasteiger partial charge in [0.25, 0.3) is 0 Å². The number of thioether (sulfide) groups is 1. The highest BCUT2D eigenvalue weighted by atomic mass is 32.2. The molecule has 21 heavy (non-hydrogen) atoms. The van der Waals surface area contributed by atoms with Crippen molar-refractivity contribution in [3.63, 3.8) is 0 Å². The van der Waals surface area contributed by atoms with Gasteiger partial charge in [-0.1, -0.05) is 6.92 Å². The summed E-state index contributed by atoms with van der Waals surface area (Å²) in [6.45, 7) is 4.33. The lowest BCUT2D eigenvalue weighted by Crippen LogP contribution is -2.34. The van der Waals surface area contributed by atoms with Gasteiger partial charge in [-0.3, -0.25) is 4.90 Å². The van der Waals surface area contributed by atoms with E-state index in [1.54, 1.807) is 0 Å². The van der Waals surface area contributed by atoms with E-state index in [4.69, 9.17) is 9.97 Å². The third-order valence-electron chi connectivity index (χ3n) is 4.44. The van der Waals surface area contributed by atoms with Gasteiger partial charge in [-0.15, -0.1) is 0 Å². The van der Waals surface area contributed by atoms with E-state index in [0.717, 1.165) is 49.7 Å². The number of fused-ring (bicyclic) bond motifs is 1. The van der Waals surface area contributed by atoms with E-state index in [9.17, 15) is 0 Å². The number of aryl methyl sites for hydroxylation is 1. The van der Waals surface area contributed by atoms with Crippen molar-refractivity contribution in [2.24, 2.45) is 0 Å². The zero-order valence-electron chi connectivity index (χ0n) is 13.2. The molecule has 1 saturated heterocycles. The lowest BCUT2D eigenvalue weighted by atomic mass is 9.96. The molecule has 1 fully saturated rings. The second-order valence-corrected chi connectivity index (χ2v) is 7.21. The molecule has 1 aromatic rings. The summed E-state index contributed by atoms with van der Waals surface area (Å²) in [5.41, 5.74) is 2.68. The first-order valence-electron chi connectivity index (χ1n) is 8.21. The lowest BCUT2D eigenvalue weighted by molar-refractivity contribution is 0.264. The maximum Gasteiger partial charge on any atom is 0.148 e. The summed E-state index contributed by atoms with van der Waals surface area (Å²) >= 11 is 2.02. The first-order chi connectivity index (χ1) is 10.3. The smallest absolute Gasteiger partial charge is 0.148 e. The Labute approximate surface area is 132 Å². The molecule has 0 amide bonds. The standard InChI is InChI=1S/C16H26N4S/c1-3-8-17-15-12-6-4-5-7-13(12)18-16(19-15)14-11-21-10-9-20(14)2/h14H,3-11H2,1-2H3,(H,17,18,19). The number of anilines is 1. The topological polar surface area (TPSA) is 41.1 Å². The largest absolute Gasteiger partial charge is 0.370 e. The van der Waals surface area contributed by atoms with Gasteiger partial charge in [-0.05, 0) is 39.2 Å². The number of hydrogen-bond donors (Lipinski definition) is 1. The Morgan fingerprint density at radius 3 is 2.95 bits per heavy atom. The average molecular weight is 306 g/mol. The normalized spacial score (nSPS) is 22.9. The molecule has 1 aliphatic heterocycles. The summed E-state index contributed by atoms with van der Waals surface area (Å²) in [5.74, 6) is 4.48. The predicted octanol–water partition coefficient (Wildman–Crippen LogP) is 2.90. The van der Waals surface area contributed by atoms with Crippen LogP contribution in [-0.2, 0) is 12.8 Å². The second-order valence-electron chi connectivity index (χ2n) is 6.06. The number of nitrogens with zero attached hydrogens (tertiary/aromatic N) is 3. The number of nitrogens with one attached hydrogen (secondary N) is 1. The molecule has 1 N–H and O–H groups in total. The molecular formula is C16H26N4S. The summed E-state index contributed by atoms with van der Waals surface area (Å²) in [7, 11) is 2.20. The van der Waals surface area contributed by atoms with Crippen molar-refractivity contribution in [1.29, 1.82) is 0 Å². The molecule has 0 aromatic carbocycles. The minimum atomic E-state index is 0.373. The summed E-state index contributed by atoms with van der Waals surface area (Å²) < 4.78 is 0. The lowest BCUT2D eigenvalue weighted by Gasteiger charge is -2.32. The first-order valence-corrected chi connectivity index (χ1v) is 9.36. The molecule has 2 heterocycles. The van der Waals surface area contributed by atoms with Crippen LogP contribution in [0.25, 0.3) is 0 Å². The van der Waals surface area contributed by atoms with Crippen LogP contribution in [0.1, 0.15) is 49.3 Å². The molecule has 1 atom stereocenters. The Balaban J connectivity index is 1.92. The van der Waals surface area contributed by atoms with Gasteiger partial charge < -0.3 is 5.32 Å². The summed E-state index contributed by atoms with van der Waals surface area (Å²) in [6, 6.07) is 0.373. The van der Waals surface area contributed by atoms with Gasteiger partial charge in [0.1, 0.15) is 11.6 Å². The van der Waals surface area contributed by atoms with Gasteiger partial charge in [0.15, 0.2) is 0 Å². The minimum absolute atomic E-state index is 0.373. The minimum Gasteiger partial charge on any atom is -0.370 e. The SMILES string of the molecule is CCCNc1nc(C2CSCCN2C)nc2c1CCCC2. The van der Waals surface area contributed by atoms with Gasteiger partial charge in [-0.2, -0.15) is 11.8 Å². The van der Waals surface area contributed by atoms with Crippen molar-refractivity contribution in [3.05, 3.63) is 17.1 Å². The van der Waals surface area contributed by atoms with Crippen LogP contribution in [0.15, 0.2) is 0 Å². The molecule has 3 rings (SSSR count). The molecule has 0 bridgehead atoms. The van der Waals surface area contributed by atoms with E-state index in [1.807, 2.05) is 11.8 Å². The highest BCUT2D eigenvalue weighted by Gasteiger charge is 2.26. The molecule has 0 spiro atoms. The summed E-state index contributed by atoms with van der Waals surface area (Å²) in [5, 5.41) is 3.54. The maximum absolute atomic E-state index is 4.95. The van der Waals surface area contributed by atoms with Crippen LogP contribution >= 0.6 is 11.8 Å². The van der Waals surface area contributed by atoms with Crippen LogP contribution in [-0.4, -0.2) is 46.5 Å². The Morgan fingerprint density at radius 2 is 2.14 bits per heavy atom. The van der Waals surface area contributed by atoms with Crippen LogP contribution in [0.2, 0.25) is 0 Å². The van der Waals surface area contributed by atoms with Gasteiger partial charge in [-0.25, -0.2) is 9.97 Å². The van der Waals surface area contributed by atoms with Crippen LogP contribution in [0.4, 0.5) is 5.82 Å². The highest BCUT2D eigenvalue weighted by molar-refractivity contribution is 7.99. The molecule has 1 aromatic heterocycles. The molecule has 116 valence electrons. The fourth-order valence-electron chi connectivity index (χ4n) is 3.11. The van der Waals surface area contributed by atoms with Crippen molar-refractivity contribution in [2.45, 2.75) is 45.1 Å². The van der Waals surface area contributed by atoms with E-state index in [-0.39, 0.29) is 0 Å². The van der Waals surface area contributed by atoms with E-state index < -0.39 is 0 Å². The molecule has 4 nitrogen and oxygen atoms in total. The monoisotopic (exact) mass is 306 g/mol. The molecule has 1 aliphatic carbocycles. The van der Waals surface area contributed by atoms with Crippen molar-refractivity contribution in [3.8, 4) is 0 Å². The van der Waals surface area contributed by atoms with Crippen molar-refractivity contribution in [1.82, 2.24) is 14.9 Å². The van der Waals surface area contributed by atoms with E-state index >= 15 is 0 Å². The Kier molecular flexibility index (Phi) is 5.01. The number of aromatic nitrogens is 2. The highest BCUT2D eigenvalue weighted by Crippen LogP contribution is 2.31. The Morgan fingerprint density at radius 1 is 1.29 bits per heavy atom. The molecule has 0 radical (unpaired) electrons. The van der Waals surface area contributed by atoms with Crippen molar-refractivity contribution < 1.29 is 0 Å². The summed E-state index contributed by atoms with van der Waals surface area (Å²) in [6.07, 6.45) is 5.93. The van der Waals surface area contributed by atoms with Gasteiger partial charge in [0.05, 0.1) is 6.04 Å². The van der Waals surface area contributed by atoms with Crippen LogP contribution in [0.3, 0.4) is 0 Å². The molecule has 1 unspecified atom stereocenters. The maximum atomic E-state index is 4.95. The zero-order chi connectivity index (χ0) is 14.7. The Hall–Kier alpha value is -0.810. The average Bonchev–Trinajstić information content (AvgIpc) is 2.53. The van der Waals surface area contributed by atoms with Crippen molar-refractivity contribution >= 4 is 17.6 Å². The van der Waals surface area contributed by atoms with E-state index in [2.05, 4.69) is 24.2 Å². The molecule has 5 heteroatoms. The quantitative estimate of drug-likeness (QED) is 0.926. The fourth-order valence-corrected chi connectivity index (χ4v) is 4.32. The first kappa shape index (κ1) is 15.1. The zero-order valence-corrected chi connectivity index (χ0v) is 14.0. The molecule has 2 aliphatic rings. The van der Waals surface area contributed by atoms with Gasteiger partial charge >= 0.3 is 0 Å². The second kappa shape index (κ2) is 6.97. The third-order valence-corrected chi connectivity index (χ3v) is 5.46. The Bertz CT molecular complexity index is 491. The van der Waals surface area contributed by atoms with E-state index in [1.165, 1.54) is 29.9 Å². The molecule has 0 saturated carbocycles. The van der Waals surface area contributed by atoms with Crippen molar-refractivity contribution in [2.75, 3.05) is 37.0 Å². The third kappa shape index (κ3) is 3.34. The summed E-state index contributed by atoms with van der Waals surface area (Å²) in [4.78, 5) is 12.3. The number of hydrogen-bond acceptors (Lipinski definition) is 5. The van der Waals surface area contributed by atoms with Crippen LogP contribution in [0, 0.1) is 0 Å². The number of rotatable bonds is 4. The van der Waals surface area contributed by atoms with E-state index in [0.29, 0.717) is 6.04 Å². The van der Waals surface area contributed by atoms with Gasteiger partial charge in [0, 0.05) is 35.9 Å². The predicted molar refractivity (Wildman–Crippen MR) is 90.2 cm³/mol. The van der Waals surface area contributed by atoms with Crippen LogP contribution in [0.5, 0.6) is 0 Å².